The molecular formula is C13H10FNO3S. The summed E-state index contributed by atoms with van der Waals surface area (Å²) in [6.45, 7) is 0.156. The smallest absolute Gasteiger partial charge is 0.345 e. The van der Waals surface area contributed by atoms with Crippen LogP contribution in [0.3, 0.4) is 0 Å². The summed E-state index contributed by atoms with van der Waals surface area (Å²) in [5, 5.41) is 12.4. The zero-order chi connectivity index (χ0) is 13.7. The second-order valence-electron chi connectivity index (χ2n) is 3.60. The Labute approximate surface area is 112 Å². The van der Waals surface area contributed by atoms with E-state index in [1.165, 1.54) is 18.3 Å². The van der Waals surface area contributed by atoms with Gasteiger partial charge in [0.05, 0.1) is 6.21 Å². The summed E-state index contributed by atoms with van der Waals surface area (Å²) in [7, 11) is 0. The highest BCUT2D eigenvalue weighted by Gasteiger charge is 2.06. The van der Waals surface area contributed by atoms with Crippen LogP contribution in [0.1, 0.15) is 20.1 Å². The van der Waals surface area contributed by atoms with Gasteiger partial charge < -0.3 is 9.94 Å². The van der Waals surface area contributed by atoms with E-state index in [-0.39, 0.29) is 17.3 Å². The lowest BCUT2D eigenvalue weighted by Crippen LogP contribution is -1.90. The van der Waals surface area contributed by atoms with Gasteiger partial charge in [0.1, 0.15) is 10.7 Å². The quantitative estimate of drug-likeness (QED) is 0.675. The number of hydrogen-bond donors (Lipinski definition) is 1. The zero-order valence-corrected chi connectivity index (χ0v) is 10.6. The van der Waals surface area contributed by atoms with Crippen LogP contribution in [0.15, 0.2) is 41.6 Å². The molecular weight excluding hydrogens is 269 g/mol. The van der Waals surface area contributed by atoms with Crippen molar-refractivity contribution >= 4 is 23.5 Å². The lowest BCUT2D eigenvalue weighted by molar-refractivity contribution is 0.0702. The molecule has 19 heavy (non-hydrogen) atoms. The lowest BCUT2D eigenvalue weighted by Gasteiger charge is -1.96. The third kappa shape index (κ3) is 3.62. The van der Waals surface area contributed by atoms with Crippen LogP contribution < -0.4 is 0 Å². The Morgan fingerprint density at radius 3 is 2.84 bits per heavy atom. The fourth-order valence-electron chi connectivity index (χ4n) is 1.35. The highest BCUT2D eigenvalue weighted by atomic mass is 32.1. The number of rotatable bonds is 5. The van der Waals surface area contributed by atoms with Gasteiger partial charge in [-0.05, 0) is 18.2 Å². The van der Waals surface area contributed by atoms with Gasteiger partial charge in [0.15, 0.2) is 6.61 Å². The molecule has 0 unspecified atom stereocenters. The molecule has 0 radical (unpaired) electrons. The van der Waals surface area contributed by atoms with Gasteiger partial charge in [-0.1, -0.05) is 23.4 Å². The van der Waals surface area contributed by atoms with Crippen LogP contribution in [0.2, 0.25) is 0 Å². The molecule has 0 spiro atoms. The molecule has 0 saturated heterocycles. The topological polar surface area (TPSA) is 58.9 Å². The molecule has 2 aromatic rings. The molecule has 0 amide bonds. The molecule has 1 aromatic carbocycles. The first-order valence-corrected chi connectivity index (χ1v) is 6.20. The molecule has 0 aliphatic rings. The predicted molar refractivity (Wildman–Crippen MR) is 70.1 cm³/mol. The minimum atomic E-state index is -0.967. The molecule has 1 N–H and O–H groups in total. The molecule has 4 nitrogen and oxygen atoms in total. The Morgan fingerprint density at radius 1 is 1.37 bits per heavy atom. The number of thiophene rings is 1. The van der Waals surface area contributed by atoms with E-state index in [1.807, 2.05) is 0 Å². The van der Waals surface area contributed by atoms with E-state index < -0.39 is 5.97 Å². The fraction of sp³-hybridized carbons (Fsp3) is 0.0769. The maximum absolute atomic E-state index is 13.2. The van der Waals surface area contributed by atoms with Gasteiger partial charge in [0, 0.05) is 10.4 Å². The van der Waals surface area contributed by atoms with Crippen LogP contribution >= 0.6 is 11.3 Å². The summed E-state index contributed by atoms with van der Waals surface area (Å²) < 4.78 is 13.2. The molecule has 0 atom stereocenters. The zero-order valence-electron chi connectivity index (χ0n) is 9.75. The predicted octanol–water partition coefficient (Wildman–Crippen LogP) is 3.14. The Balaban J connectivity index is 1.89. The molecule has 0 fully saturated rings. The van der Waals surface area contributed by atoms with Crippen molar-refractivity contribution in [2.45, 2.75) is 6.61 Å². The summed E-state index contributed by atoms with van der Waals surface area (Å²) in [5.41, 5.74) is 0.333. The van der Waals surface area contributed by atoms with E-state index in [1.54, 1.807) is 24.3 Å². The minimum Gasteiger partial charge on any atom is -0.477 e. The largest absolute Gasteiger partial charge is 0.477 e. The molecule has 2 rings (SSSR count). The molecule has 0 saturated carbocycles. The van der Waals surface area contributed by atoms with Crippen molar-refractivity contribution in [3.63, 3.8) is 0 Å². The summed E-state index contributed by atoms with van der Waals surface area (Å²) in [6, 6.07) is 9.37. The number of halogens is 1. The summed E-state index contributed by atoms with van der Waals surface area (Å²) in [6.07, 6.45) is 1.28. The maximum atomic E-state index is 13.2. The average Bonchev–Trinajstić information content (AvgIpc) is 2.85. The van der Waals surface area contributed by atoms with Crippen molar-refractivity contribution in [1.29, 1.82) is 0 Å². The number of oxime groups is 1. The van der Waals surface area contributed by atoms with Crippen molar-refractivity contribution in [1.82, 2.24) is 0 Å². The standard InChI is InChI=1S/C13H10FNO3S/c14-11-4-2-1-3-9(11)7-15-18-8-10-5-6-12(19-10)13(16)17/h1-7H,8H2,(H,16,17). The molecule has 98 valence electrons. The van der Waals surface area contributed by atoms with E-state index >= 15 is 0 Å². The van der Waals surface area contributed by atoms with Gasteiger partial charge >= 0.3 is 5.97 Å². The van der Waals surface area contributed by atoms with Crippen molar-refractivity contribution in [3.8, 4) is 0 Å². The van der Waals surface area contributed by atoms with E-state index in [0.29, 0.717) is 5.56 Å². The first kappa shape index (κ1) is 13.2. The molecule has 1 aromatic heterocycles. The third-order valence-electron chi connectivity index (χ3n) is 2.25. The van der Waals surface area contributed by atoms with Gasteiger partial charge in [0.2, 0.25) is 0 Å². The van der Waals surface area contributed by atoms with Crippen molar-refractivity contribution in [3.05, 3.63) is 57.5 Å². The second kappa shape index (κ2) is 6.10. The third-order valence-corrected chi connectivity index (χ3v) is 3.30. The highest BCUT2D eigenvalue weighted by molar-refractivity contribution is 7.13. The summed E-state index contributed by atoms with van der Waals surface area (Å²) in [4.78, 5) is 16.6. The first-order valence-electron chi connectivity index (χ1n) is 5.38. The highest BCUT2D eigenvalue weighted by Crippen LogP contribution is 2.17. The van der Waals surface area contributed by atoms with Gasteiger partial charge in [-0.2, -0.15) is 0 Å². The van der Waals surface area contributed by atoms with Crippen LogP contribution in [0.4, 0.5) is 4.39 Å². The average molecular weight is 279 g/mol. The van der Waals surface area contributed by atoms with Crippen LogP contribution in [0, 0.1) is 5.82 Å². The Kier molecular flexibility index (Phi) is 4.25. The first-order chi connectivity index (χ1) is 9.16. The molecule has 0 aliphatic heterocycles. The van der Waals surface area contributed by atoms with Gasteiger partial charge in [-0.3, -0.25) is 0 Å². The summed E-state index contributed by atoms with van der Waals surface area (Å²) >= 11 is 1.12. The number of carboxylic acids is 1. The molecule has 6 heteroatoms. The second-order valence-corrected chi connectivity index (χ2v) is 4.77. The number of nitrogens with zero attached hydrogens (tertiary/aromatic N) is 1. The van der Waals surface area contributed by atoms with Crippen LogP contribution in [0.25, 0.3) is 0 Å². The van der Waals surface area contributed by atoms with E-state index in [4.69, 9.17) is 9.94 Å². The van der Waals surface area contributed by atoms with Gasteiger partial charge in [-0.25, -0.2) is 9.18 Å². The molecule has 1 heterocycles. The fourth-order valence-corrected chi connectivity index (χ4v) is 2.10. The number of benzene rings is 1. The Morgan fingerprint density at radius 2 is 2.16 bits per heavy atom. The van der Waals surface area contributed by atoms with Crippen molar-refractivity contribution < 1.29 is 19.1 Å². The van der Waals surface area contributed by atoms with Crippen LogP contribution in [0.5, 0.6) is 0 Å². The normalized spacial score (nSPS) is 10.8. The van der Waals surface area contributed by atoms with E-state index in [2.05, 4.69) is 5.16 Å². The number of aromatic carboxylic acids is 1. The van der Waals surface area contributed by atoms with Crippen molar-refractivity contribution in [2.75, 3.05) is 0 Å². The SMILES string of the molecule is O=C(O)c1ccc(CON=Cc2ccccc2F)s1. The Bertz CT molecular complexity index is 609. The summed E-state index contributed by atoms with van der Waals surface area (Å²) in [5.74, 6) is -1.34. The monoisotopic (exact) mass is 279 g/mol. The van der Waals surface area contributed by atoms with E-state index in [0.717, 1.165) is 16.2 Å². The number of carboxylic acid groups (broad SMARTS) is 1. The molecule has 0 aliphatic carbocycles. The molecule has 0 bridgehead atoms. The minimum absolute atomic E-state index is 0.156. The Hall–Kier alpha value is -2.21. The van der Waals surface area contributed by atoms with Crippen LogP contribution in [-0.2, 0) is 11.4 Å². The van der Waals surface area contributed by atoms with E-state index in [9.17, 15) is 9.18 Å². The lowest BCUT2D eigenvalue weighted by atomic mass is 10.2. The number of carbonyl (C=O) groups is 1. The number of hydrogen-bond acceptors (Lipinski definition) is 4. The van der Waals surface area contributed by atoms with Gasteiger partial charge in [0.25, 0.3) is 0 Å². The van der Waals surface area contributed by atoms with Gasteiger partial charge in [-0.15, -0.1) is 11.3 Å². The maximum Gasteiger partial charge on any atom is 0.345 e. The van der Waals surface area contributed by atoms with Crippen LogP contribution in [-0.4, -0.2) is 17.3 Å². The van der Waals surface area contributed by atoms with Crippen molar-refractivity contribution in [2.24, 2.45) is 5.16 Å².